The quantitative estimate of drug-likeness (QED) is 0.866. The standard InChI is InChI=1S/C17H25N3O3S/c1-17(2,3)16-15(12-20(4)19-16)24(21,22)18-10-9-13-7-6-8-14(11-13)23-5/h6-8,11-12,18H,9-10H2,1-5H3. The van der Waals surface area contributed by atoms with E-state index in [4.69, 9.17) is 4.74 Å². The lowest BCUT2D eigenvalue weighted by Crippen LogP contribution is -2.28. The van der Waals surface area contributed by atoms with Crippen LogP contribution in [0.15, 0.2) is 35.4 Å². The zero-order valence-electron chi connectivity index (χ0n) is 14.8. The zero-order chi connectivity index (χ0) is 18.0. The average molecular weight is 351 g/mol. The van der Waals surface area contributed by atoms with Gasteiger partial charge < -0.3 is 4.74 Å². The maximum Gasteiger partial charge on any atom is 0.244 e. The Morgan fingerprint density at radius 2 is 2.00 bits per heavy atom. The fourth-order valence-corrected chi connectivity index (χ4v) is 3.84. The van der Waals surface area contributed by atoms with Crippen molar-refractivity contribution >= 4 is 10.0 Å². The minimum Gasteiger partial charge on any atom is -0.497 e. The molecule has 0 amide bonds. The summed E-state index contributed by atoms with van der Waals surface area (Å²) in [7, 11) is -0.268. The van der Waals surface area contributed by atoms with Crippen LogP contribution in [-0.4, -0.2) is 31.9 Å². The van der Waals surface area contributed by atoms with E-state index in [2.05, 4.69) is 9.82 Å². The van der Waals surface area contributed by atoms with Crippen molar-refractivity contribution in [3.05, 3.63) is 41.7 Å². The molecule has 0 atom stereocenters. The average Bonchev–Trinajstić information content (AvgIpc) is 2.90. The fraction of sp³-hybridized carbons (Fsp3) is 0.471. The number of aryl methyl sites for hydroxylation is 1. The molecule has 0 fully saturated rings. The first-order valence-corrected chi connectivity index (χ1v) is 9.28. The predicted molar refractivity (Wildman–Crippen MR) is 93.8 cm³/mol. The SMILES string of the molecule is COc1cccc(CCNS(=O)(=O)c2cn(C)nc2C(C)(C)C)c1. The molecule has 1 aromatic heterocycles. The molecule has 0 saturated heterocycles. The van der Waals surface area contributed by atoms with E-state index < -0.39 is 10.0 Å². The molecule has 2 aromatic rings. The topological polar surface area (TPSA) is 73.2 Å². The summed E-state index contributed by atoms with van der Waals surface area (Å²) in [4.78, 5) is 0.239. The first kappa shape index (κ1) is 18.5. The molecule has 0 bridgehead atoms. The molecule has 1 aromatic carbocycles. The smallest absolute Gasteiger partial charge is 0.244 e. The molecule has 2 rings (SSSR count). The molecule has 1 heterocycles. The molecule has 0 radical (unpaired) electrons. The summed E-state index contributed by atoms with van der Waals surface area (Å²) in [6.07, 6.45) is 2.13. The van der Waals surface area contributed by atoms with Crippen LogP contribution < -0.4 is 9.46 Å². The van der Waals surface area contributed by atoms with Gasteiger partial charge in [-0.25, -0.2) is 13.1 Å². The van der Waals surface area contributed by atoms with Crippen LogP contribution in [0, 0.1) is 0 Å². The van der Waals surface area contributed by atoms with Gasteiger partial charge in [0.25, 0.3) is 0 Å². The van der Waals surface area contributed by atoms with Crippen molar-refractivity contribution in [2.24, 2.45) is 7.05 Å². The van der Waals surface area contributed by atoms with E-state index in [0.29, 0.717) is 18.7 Å². The number of methoxy groups -OCH3 is 1. The number of aromatic nitrogens is 2. The molecule has 132 valence electrons. The number of nitrogens with zero attached hydrogens (tertiary/aromatic N) is 2. The lowest BCUT2D eigenvalue weighted by Gasteiger charge is -2.17. The van der Waals surface area contributed by atoms with Gasteiger partial charge in [0.15, 0.2) is 0 Å². The second-order valence-electron chi connectivity index (χ2n) is 6.76. The normalized spacial score (nSPS) is 12.4. The maximum absolute atomic E-state index is 12.6. The summed E-state index contributed by atoms with van der Waals surface area (Å²) in [6.45, 7) is 6.16. The maximum atomic E-state index is 12.6. The summed E-state index contributed by atoms with van der Waals surface area (Å²) in [5.74, 6) is 0.762. The van der Waals surface area contributed by atoms with Crippen LogP contribution in [0.3, 0.4) is 0 Å². The second-order valence-corrected chi connectivity index (χ2v) is 8.50. The van der Waals surface area contributed by atoms with Crippen LogP contribution in [-0.2, 0) is 28.9 Å². The Balaban J connectivity index is 2.12. The molecule has 24 heavy (non-hydrogen) atoms. The number of rotatable bonds is 6. The van der Waals surface area contributed by atoms with E-state index in [1.807, 2.05) is 45.0 Å². The monoisotopic (exact) mass is 351 g/mol. The van der Waals surface area contributed by atoms with Crippen LogP contribution in [0.25, 0.3) is 0 Å². The van der Waals surface area contributed by atoms with Crippen LogP contribution in [0.4, 0.5) is 0 Å². The van der Waals surface area contributed by atoms with Crippen LogP contribution in [0.5, 0.6) is 5.75 Å². The Morgan fingerprint density at radius 1 is 1.29 bits per heavy atom. The van der Waals surface area contributed by atoms with Crippen molar-refractivity contribution in [1.82, 2.24) is 14.5 Å². The van der Waals surface area contributed by atoms with Gasteiger partial charge in [0.2, 0.25) is 10.0 Å². The molecule has 0 aliphatic heterocycles. The number of ether oxygens (including phenoxy) is 1. The first-order valence-electron chi connectivity index (χ1n) is 7.80. The fourth-order valence-electron chi connectivity index (χ4n) is 2.42. The van der Waals surface area contributed by atoms with Gasteiger partial charge in [-0.3, -0.25) is 4.68 Å². The van der Waals surface area contributed by atoms with Crippen molar-refractivity contribution in [3.8, 4) is 5.75 Å². The van der Waals surface area contributed by atoms with Gasteiger partial charge in [-0.1, -0.05) is 32.9 Å². The Bertz CT molecular complexity index is 805. The third-order valence-corrected chi connectivity index (χ3v) is 5.10. The third kappa shape index (κ3) is 4.36. The Hall–Kier alpha value is -1.86. The van der Waals surface area contributed by atoms with Gasteiger partial charge in [0, 0.05) is 25.2 Å². The van der Waals surface area contributed by atoms with E-state index >= 15 is 0 Å². The van der Waals surface area contributed by atoms with Gasteiger partial charge in [-0.15, -0.1) is 0 Å². The molecule has 6 nitrogen and oxygen atoms in total. The highest BCUT2D eigenvalue weighted by Gasteiger charge is 2.29. The van der Waals surface area contributed by atoms with E-state index in [-0.39, 0.29) is 10.3 Å². The molecule has 0 saturated carbocycles. The summed E-state index contributed by atoms with van der Waals surface area (Å²) in [5, 5.41) is 4.32. The van der Waals surface area contributed by atoms with E-state index in [9.17, 15) is 8.42 Å². The zero-order valence-corrected chi connectivity index (χ0v) is 15.6. The van der Waals surface area contributed by atoms with Gasteiger partial charge in [-0.2, -0.15) is 5.10 Å². The number of hydrogen-bond acceptors (Lipinski definition) is 4. The van der Waals surface area contributed by atoms with Crippen molar-refractivity contribution < 1.29 is 13.2 Å². The highest BCUT2D eigenvalue weighted by atomic mass is 32.2. The lowest BCUT2D eigenvalue weighted by atomic mass is 9.92. The summed E-state index contributed by atoms with van der Waals surface area (Å²) >= 11 is 0. The molecule has 0 aliphatic carbocycles. The lowest BCUT2D eigenvalue weighted by molar-refractivity contribution is 0.414. The van der Waals surface area contributed by atoms with Crippen LogP contribution in [0.2, 0.25) is 0 Å². The molecule has 0 spiro atoms. The molecular formula is C17H25N3O3S. The number of benzene rings is 1. The van der Waals surface area contributed by atoms with Crippen molar-refractivity contribution in [1.29, 1.82) is 0 Å². The third-order valence-electron chi connectivity index (χ3n) is 3.64. The molecule has 0 unspecified atom stereocenters. The van der Waals surface area contributed by atoms with Crippen molar-refractivity contribution in [2.75, 3.05) is 13.7 Å². The molecular weight excluding hydrogens is 326 g/mol. The Labute approximate surface area is 143 Å². The summed E-state index contributed by atoms with van der Waals surface area (Å²) < 4.78 is 34.7. The minimum atomic E-state index is -3.60. The summed E-state index contributed by atoms with van der Waals surface area (Å²) in [5.41, 5.74) is 1.23. The number of hydrogen-bond donors (Lipinski definition) is 1. The van der Waals surface area contributed by atoms with E-state index in [0.717, 1.165) is 11.3 Å². The van der Waals surface area contributed by atoms with E-state index in [1.165, 1.54) is 4.68 Å². The second kappa shape index (κ2) is 6.94. The summed E-state index contributed by atoms with van der Waals surface area (Å²) in [6, 6.07) is 7.60. The molecule has 7 heteroatoms. The molecule has 0 aliphatic rings. The van der Waals surface area contributed by atoms with Crippen molar-refractivity contribution in [3.63, 3.8) is 0 Å². The van der Waals surface area contributed by atoms with Gasteiger partial charge in [0.05, 0.1) is 12.8 Å². The van der Waals surface area contributed by atoms with Gasteiger partial charge in [0.1, 0.15) is 10.6 Å². The number of sulfonamides is 1. The van der Waals surface area contributed by atoms with E-state index in [1.54, 1.807) is 20.4 Å². The molecule has 1 N–H and O–H groups in total. The largest absolute Gasteiger partial charge is 0.497 e. The Morgan fingerprint density at radius 3 is 2.62 bits per heavy atom. The van der Waals surface area contributed by atoms with Crippen LogP contribution >= 0.6 is 0 Å². The van der Waals surface area contributed by atoms with Gasteiger partial charge >= 0.3 is 0 Å². The van der Waals surface area contributed by atoms with Gasteiger partial charge in [-0.05, 0) is 24.1 Å². The first-order chi connectivity index (χ1) is 11.1. The highest BCUT2D eigenvalue weighted by molar-refractivity contribution is 7.89. The highest BCUT2D eigenvalue weighted by Crippen LogP contribution is 2.27. The van der Waals surface area contributed by atoms with Crippen molar-refractivity contribution in [2.45, 2.75) is 37.5 Å². The predicted octanol–water partition coefficient (Wildman–Crippen LogP) is 2.25. The van der Waals surface area contributed by atoms with Crippen LogP contribution in [0.1, 0.15) is 32.0 Å². The minimum absolute atomic E-state index is 0.239. The number of nitrogens with one attached hydrogen (secondary N) is 1. The Kier molecular flexibility index (Phi) is 5.35.